The zero-order valence-electron chi connectivity index (χ0n) is 12.4. The summed E-state index contributed by atoms with van der Waals surface area (Å²) >= 11 is 0. The Morgan fingerprint density at radius 2 is 2.10 bits per heavy atom. The van der Waals surface area contributed by atoms with Gasteiger partial charge < -0.3 is 10.3 Å². The third-order valence-electron chi connectivity index (χ3n) is 4.36. The van der Waals surface area contributed by atoms with Crippen molar-refractivity contribution in [3.8, 4) is 0 Å². The summed E-state index contributed by atoms with van der Waals surface area (Å²) in [6.07, 6.45) is 3.58. The SMILES string of the molecule is CCNCc1cc(S(=O)(=O)NC2CCC(C)C2C)c[nH]1. The Labute approximate surface area is 121 Å². The maximum Gasteiger partial charge on any atom is 0.242 e. The van der Waals surface area contributed by atoms with E-state index in [9.17, 15) is 8.42 Å². The summed E-state index contributed by atoms with van der Waals surface area (Å²) in [5.41, 5.74) is 0.889. The van der Waals surface area contributed by atoms with Crippen LogP contribution in [0.2, 0.25) is 0 Å². The van der Waals surface area contributed by atoms with Gasteiger partial charge >= 0.3 is 0 Å². The van der Waals surface area contributed by atoms with Crippen LogP contribution in [0, 0.1) is 11.8 Å². The quantitative estimate of drug-likeness (QED) is 0.750. The minimum Gasteiger partial charge on any atom is -0.363 e. The summed E-state index contributed by atoms with van der Waals surface area (Å²) in [5.74, 6) is 0.975. The Bertz CT molecular complexity index is 538. The maximum absolute atomic E-state index is 12.4. The molecule has 0 aromatic carbocycles. The van der Waals surface area contributed by atoms with E-state index >= 15 is 0 Å². The van der Waals surface area contributed by atoms with E-state index in [0.29, 0.717) is 23.3 Å². The van der Waals surface area contributed by atoms with Crippen molar-refractivity contribution >= 4 is 10.0 Å². The van der Waals surface area contributed by atoms with Crippen molar-refractivity contribution in [1.29, 1.82) is 0 Å². The average Bonchev–Trinajstić information content (AvgIpc) is 2.99. The third kappa shape index (κ3) is 3.42. The van der Waals surface area contributed by atoms with E-state index in [2.05, 4.69) is 28.9 Å². The molecule has 0 amide bonds. The fourth-order valence-corrected chi connectivity index (χ4v) is 4.11. The summed E-state index contributed by atoms with van der Waals surface area (Å²) in [6, 6.07) is 1.76. The molecule has 1 aromatic heterocycles. The highest BCUT2D eigenvalue weighted by molar-refractivity contribution is 7.89. The number of nitrogens with one attached hydrogen (secondary N) is 3. The van der Waals surface area contributed by atoms with Crippen LogP contribution in [0.1, 0.15) is 39.3 Å². The molecule has 0 aliphatic heterocycles. The second-order valence-corrected chi connectivity index (χ2v) is 7.50. The van der Waals surface area contributed by atoms with Gasteiger partial charge in [0.15, 0.2) is 0 Å². The van der Waals surface area contributed by atoms with Crippen LogP contribution in [0.3, 0.4) is 0 Å². The molecule has 5 nitrogen and oxygen atoms in total. The average molecular weight is 299 g/mol. The van der Waals surface area contributed by atoms with E-state index in [-0.39, 0.29) is 6.04 Å². The molecule has 1 saturated carbocycles. The molecule has 1 aromatic rings. The molecule has 20 heavy (non-hydrogen) atoms. The lowest BCUT2D eigenvalue weighted by Crippen LogP contribution is -2.37. The molecule has 1 aliphatic carbocycles. The van der Waals surface area contributed by atoms with E-state index < -0.39 is 10.0 Å². The number of sulfonamides is 1. The Balaban J connectivity index is 2.05. The van der Waals surface area contributed by atoms with Gasteiger partial charge in [-0.3, -0.25) is 0 Å². The van der Waals surface area contributed by atoms with Crippen molar-refractivity contribution in [2.45, 2.75) is 51.1 Å². The Hall–Kier alpha value is -0.850. The number of rotatable bonds is 6. The maximum atomic E-state index is 12.4. The summed E-state index contributed by atoms with van der Waals surface area (Å²) in [6.45, 7) is 7.84. The summed E-state index contributed by atoms with van der Waals surface area (Å²) in [7, 11) is -3.41. The molecule has 1 heterocycles. The van der Waals surface area contributed by atoms with Gasteiger partial charge in [-0.05, 0) is 37.3 Å². The van der Waals surface area contributed by atoms with Crippen LogP contribution in [-0.2, 0) is 16.6 Å². The minimum absolute atomic E-state index is 0.0575. The normalized spacial score (nSPS) is 27.1. The smallest absolute Gasteiger partial charge is 0.242 e. The molecule has 3 N–H and O–H groups in total. The standard InChI is InChI=1S/C14H25N3O2S/c1-4-15-8-12-7-13(9-16-12)20(18,19)17-14-6-5-10(2)11(14)3/h7,9-11,14-17H,4-6,8H2,1-3H3. The lowest BCUT2D eigenvalue weighted by Gasteiger charge is -2.19. The van der Waals surface area contributed by atoms with E-state index in [1.807, 2.05) is 6.92 Å². The number of aromatic amines is 1. The zero-order chi connectivity index (χ0) is 14.8. The van der Waals surface area contributed by atoms with Crippen molar-refractivity contribution in [3.63, 3.8) is 0 Å². The first kappa shape index (κ1) is 15.5. The molecule has 2 rings (SSSR count). The highest BCUT2D eigenvalue weighted by Gasteiger charge is 2.33. The van der Waals surface area contributed by atoms with Gasteiger partial charge in [0.25, 0.3) is 0 Å². The summed E-state index contributed by atoms with van der Waals surface area (Å²) < 4.78 is 27.6. The second kappa shape index (κ2) is 6.28. The van der Waals surface area contributed by atoms with Crippen LogP contribution in [0.5, 0.6) is 0 Å². The molecule has 0 bridgehead atoms. The molecule has 114 valence electrons. The van der Waals surface area contributed by atoms with Gasteiger partial charge in [-0.25, -0.2) is 13.1 Å². The highest BCUT2D eigenvalue weighted by atomic mass is 32.2. The number of hydrogen-bond donors (Lipinski definition) is 3. The van der Waals surface area contributed by atoms with E-state index in [4.69, 9.17) is 0 Å². The number of hydrogen-bond acceptors (Lipinski definition) is 3. The fourth-order valence-electron chi connectivity index (χ4n) is 2.73. The van der Waals surface area contributed by atoms with Crippen LogP contribution >= 0.6 is 0 Å². The van der Waals surface area contributed by atoms with Gasteiger partial charge in [-0.1, -0.05) is 20.8 Å². The Kier molecular flexibility index (Phi) is 4.88. The molecule has 0 radical (unpaired) electrons. The van der Waals surface area contributed by atoms with Gasteiger partial charge in [0.1, 0.15) is 0 Å². The largest absolute Gasteiger partial charge is 0.363 e. The van der Waals surface area contributed by atoms with Crippen molar-refractivity contribution < 1.29 is 8.42 Å². The van der Waals surface area contributed by atoms with Crippen LogP contribution < -0.4 is 10.0 Å². The molecular weight excluding hydrogens is 274 g/mol. The lowest BCUT2D eigenvalue weighted by molar-refractivity contribution is 0.402. The van der Waals surface area contributed by atoms with E-state index in [1.165, 1.54) is 0 Å². The Morgan fingerprint density at radius 3 is 2.70 bits per heavy atom. The lowest BCUT2D eigenvalue weighted by atomic mass is 9.98. The fraction of sp³-hybridized carbons (Fsp3) is 0.714. The van der Waals surface area contributed by atoms with Crippen molar-refractivity contribution in [2.24, 2.45) is 11.8 Å². The first-order chi connectivity index (χ1) is 9.44. The zero-order valence-corrected chi connectivity index (χ0v) is 13.3. The van der Waals surface area contributed by atoms with E-state index in [0.717, 1.165) is 25.1 Å². The van der Waals surface area contributed by atoms with Crippen LogP contribution in [0.4, 0.5) is 0 Å². The van der Waals surface area contributed by atoms with Crippen molar-refractivity contribution in [2.75, 3.05) is 6.54 Å². The Morgan fingerprint density at radius 1 is 1.35 bits per heavy atom. The molecular formula is C14H25N3O2S. The molecule has 3 unspecified atom stereocenters. The molecule has 1 aliphatic rings. The third-order valence-corrected chi connectivity index (χ3v) is 5.83. The van der Waals surface area contributed by atoms with Gasteiger partial charge in [0, 0.05) is 24.5 Å². The highest BCUT2D eigenvalue weighted by Crippen LogP contribution is 2.32. The molecule has 6 heteroatoms. The van der Waals surface area contributed by atoms with Crippen LogP contribution in [-0.4, -0.2) is 26.0 Å². The molecule has 0 saturated heterocycles. The predicted octanol–water partition coefficient (Wildman–Crippen LogP) is 1.84. The van der Waals surface area contributed by atoms with Gasteiger partial charge in [0.05, 0.1) is 4.90 Å². The van der Waals surface area contributed by atoms with Crippen molar-refractivity contribution in [3.05, 3.63) is 18.0 Å². The first-order valence-corrected chi connectivity index (χ1v) is 8.82. The van der Waals surface area contributed by atoms with Crippen molar-refractivity contribution in [1.82, 2.24) is 15.0 Å². The number of aromatic nitrogens is 1. The van der Waals surface area contributed by atoms with Gasteiger partial charge in [-0.2, -0.15) is 0 Å². The second-order valence-electron chi connectivity index (χ2n) is 5.78. The number of H-pyrrole nitrogens is 1. The van der Waals surface area contributed by atoms with Gasteiger partial charge in [-0.15, -0.1) is 0 Å². The molecule has 0 spiro atoms. The summed E-state index contributed by atoms with van der Waals surface area (Å²) in [5, 5.41) is 3.17. The molecule has 1 fully saturated rings. The first-order valence-electron chi connectivity index (χ1n) is 7.34. The van der Waals surface area contributed by atoms with Crippen LogP contribution in [0.15, 0.2) is 17.2 Å². The topological polar surface area (TPSA) is 74.0 Å². The van der Waals surface area contributed by atoms with Gasteiger partial charge in [0.2, 0.25) is 10.0 Å². The minimum atomic E-state index is -3.41. The molecule has 3 atom stereocenters. The summed E-state index contributed by atoms with van der Waals surface area (Å²) in [4.78, 5) is 3.34. The monoisotopic (exact) mass is 299 g/mol. The van der Waals surface area contributed by atoms with E-state index in [1.54, 1.807) is 12.3 Å². The van der Waals surface area contributed by atoms with Crippen LogP contribution in [0.25, 0.3) is 0 Å². The predicted molar refractivity (Wildman–Crippen MR) is 79.8 cm³/mol.